The van der Waals surface area contributed by atoms with Crippen LogP contribution in [0.5, 0.6) is 0 Å². The van der Waals surface area contributed by atoms with Gasteiger partial charge in [-0.25, -0.2) is 0 Å². The summed E-state index contributed by atoms with van der Waals surface area (Å²) in [6.07, 6.45) is 3.08. The van der Waals surface area contributed by atoms with Crippen molar-refractivity contribution < 1.29 is 14.3 Å². The summed E-state index contributed by atoms with van der Waals surface area (Å²) >= 11 is 0. The molecule has 4 nitrogen and oxygen atoms in total. The van der Waals surface area contributed by atoms with Crippen molar-refractivity contribution in [2.24, 2.45) is 0 Å². The van der Waals surface area contributed by atoms with Gasteiger partial charge in [-0.15, -0.1) is 0 Å². The van der Waals surface area contributed by atoms with E-state index in [0.29, 0.717) is 12.5 Å². The zero-order valence-corrected chi connectivity index (χ0v) is 11.5. The zero-order valence-electron chi connectivity index (χ0n) is 11.5. The van der Waals surface area contributed by atoms with E-state index in [0.717, 1.165) is 32.5 Å². The van der Waals surface area contributed by atoms with Gasteiger partial charge in [-0.2, -0.15) is 0 Å². The number of likely N-dealkylation sites (N-methyl/N-ethyl adjacent to an activating group) is 1. The second-order valence-corrected chi connectivity index (χ2v) is 5.73. The minimum Gasteiger partial charge on any atom is -0.460 e. The molecular formula is C13H25NO3. The lowest BCUT2D eigenvalue weighted by Crippen LogP contribution is -2.32. The van der Waals surface area contributed by atoms with Gasteiger partial charge in [-0.1, -0.05) is 0 Å². The quantitative estimate of drug-likeness (QED) is 0.691. The maximum Gasteiger partial charge on any atom is 0.307 e. The maximum absolute atomic E-state index is 11.5. The van der Waals surface area contributed by atoms with Crippen LogP contribution in [0.4, 0.5) is 0 Å². The summed E-state index contributed by atoms with van der Waals surface area (Å²) in [6.45, 7) is 8.19. The number of hydrogen-bond donors (Lipinski definition) is 0. The van der Waals surface area contributed by atoms with Crippen LogP contribution < -0.4 is 0 Å². The maximum atomic E-state index is 11.5. The van der Waals surface area contributed by atoms with Crippen molar-refractivity contribution in [1.29, 1.82) is 0 Å². The fraction of sp³-hybridized carbons (Fsp3) is 0.923. The van der Waals surface area contributed by atoms with E-state index < -0.39 is 0 Å². The highest BCUT2D eigenvalue weighted by atomic mass is 16.6. The number of hydrogen-bond acceptors (Lipinski definition) is 4. The van der Waals surface area contributed by atoms with Gasteiger partial charge in [0.1, 0.15) is 5.60 Å². The van der Waals surface area contributed by atoms with E-state index in [9.17, 15) is 4.79 Å². The highest BCUT2D eigenvalue weighted by Gasteiger charge is 2.19. The SMILES string of the molecule is CN(CCC(=O)OC(C)(C)C)CC1CCCO1. The number of esters is 1. The number of carbonyl (C=O) groups excluding carboxylic acids is 1. The highest BCUT2D eigenvalue weighted by Crippen LogP contribution is 2.13. The highest BCUT2D eigenvalue weighted by molar-refractivity contribution is 5.70. The Labute approximate surface area is 104 Å². The van der Waals surface area contributed by atoms with Crippen LogP contribution in [0.1, 0.15) is 40.0 Å². The molecule has 17 heavy (non-hydrogen) atoms. The van der Waals surface area contributed by atoms with E-state index >= 15 is 0 Å². The first-order valence-corrected chi connectivity index (χ1v) is 6.39. The molecule has 0 spiro atoms. The predicted octanol–water partition coefficient (Wildman–Crippen LogP) is 1.83. The molecule has 1 atom stereocenters. The van der Waals surface area contributed by atoms with Gasteiger partial charge in [0, 0.05) is 19.7 Å². The minimum absolute atomic E-state index is 0.128. The van der Waals surface area contributed by atoms with Gasteiger partial charge in [0.15, 0.2) is 0 Å². The summed E-state index contributed by atoms with van der Waals surface area (Å²) < 4.78 is 10.8. The second-order valence-electron chi connectivity index (χ2n) is 5.73. The largest absolute Gasteiger partial charge is 0.460 e. The molecule has 0 N–H and O–H groups in total. The molecule has 0 amide bonds. The van der Waals surface area contributed by atoms with Crippen LogP contribution in [0.2, 0.25) is 0 Å². The number of carbonyl (C=O) groups is 1. The van der Waals surface area contributed by atoms with E-state index in [1.165, 1.54) is 0 Å². The van der Waals surface area contributed by atoms with Gasteiger partial charge in [-0.05, 0) is 40.7 Å². The Morgan fingerprint density at radius 2 is 2.18 bits per heavy atom. The Hall–Kier alpha value is -0.610. The molecule has 0 radical (unpaired) electrons. The lowest BCUT2D eigenvalue weighted by Gasteiger charge is -2.22. The molecule has 1 aliphatic rings. The average Bonchev–Trinajstić information content (AvgIpc) is 2.64. The first-order chi connectivity index (χ1) is 7.87. The van der Waals surface area contributed by atoms with E-state index in [1.807, 2.05) is 27.8 Å². The summed E-state index contributed by atoms with van der Waals surface area (Å²) in [5.74, 6) is -0.128. The Morgan fingerprint density at radius 1 is 1.47 bits per heavy atom. The van der Waals surface area contributed by atoms with Gasteiger partial charge in [0.2, 0.25) is 0 Å². The topological polar surface area (TPSA) is 38.8 Å². The summed E-state index contributed by atoms with van der Waals surface area (Å²) in [5, 5.41) is 0. The lowest BCUT2D eigenvalue weighted by molar-refractivity contribution is -0.155. The Kier molecular flexibility index (Phi) is 5.40. The molecule has 0 aromatic carbocycles. The monoisotopic (exact) mass is 243 g/mol. The minimum atomic E-state index is -0.385. The molecule has 1 unspecified atom stereocenters. The molecule has 4 heteroatoms. The van der Waals surface area contributed by atoms with Crippen LogP contribution >= 0.6 is 0 Å². The molecule has 1 fully saturated rings. The van der Waals surface area contributed by atoms with Crippen molar-refractivity contribution >= 4 is 5.97 Å². The van der Waals surface area contributed by atoms with E-state index in [2.05, 4.69) is 4.90 Å². The first kappa shape index (κ1) is 14.5. The Morgan fingerprint density at radius 3 is 2.71 bits per heavy atom. The molecule has 1 rings (SSSR count). The average molecular weight is 243 g/mol. The molecule has 0 saturated carbocycles. The van der Waals surface area contributed by atoms with Gasteiger partial charge in [0.05, 0.1) is 12.5 Å². The summed E-state index contributed by atoms with van der Waals surface area (Å²) in [7, 11) is 2.02. The molecule has 1 aliphatic heterocycles. The fourth-order valence-electron chi connectivity index (χ4n) is 1.90. The number of rotatable bonds is 5. The third-order valence-corrected chi connectivity index (χ3v) is 2.66. The Balaban J connectivity index is 2.14. The van der Waals surface area contributed by atoms with Gasteiger partial charge >= 0.3 is 5.97 Å². The Bertz CT molecular complexity index is 242. The summed E-state index contributed by atoms with van der Waals surface area (Å²) in [5.41, 5.74) is -0.385. The van der Waals surface area contributed by atoms with Crippen LogP contribution in [0.25, 0.3) is 0 Å². The van der Waals surface area contributed by atoms with Crippen molar-refractivity contribution in [1.82, 2.24) is 4.90 Å². The standard InChI is InChI=1S/C13H25NO3/c1-13(2,3)17-12(15)7-8-14(4)10-11-6-5-9-16-11/h11H,5-10H2,1-4H3. The van der Waals surface area contributed by atoms with Gasteiger partial charge < -0.3 is 14.4 Å². The molecule has 0 bridgehead atoms. The smallest absolute Gasteiger partial charge is 0.307 e. The molecule has 100 valence electrons. The molecule has 0 aromatic heterocycles. The lowest BCUT2D eigenvalue weighted by atomic mass is 10.2. The van der Waals surface area contributed by atoms with Gasteiger partial charge in [0.25, 0.3) is 0 Å². The van der Waals surface area contributed by atoms with Crippen molar-refractivity contribution in [3.05, 3.63) is 0 Å². The number of nitrogens with zero attached hydrogens (tertiary/aromatic N) is 1. The van der Waals surface area contributed by atoms with Crippen LogP contribution in [0.3, 0.4) is 0 Å². The van der Waals surface area contributed by atoms with E-state index in [4.69, 9.17) is 9.47 Å². The second kappa shape index (κ2) is 6.36. The fourth-order valence-corrected chi connectivity index (χ4v) is 1.90. The first-order valence-electron chi connectivity index (χ1n) is 6.39. The third kappa shape index (κ3) is 6.64. The van der Waals surface area contributed by atoms with Crippen molar-refractivity contribution in [3.63, 3.8) is 0 Å². The predicted molar refractivity (Wildman–Crippen MR) is 66.9 cm³/mol. The van der Waals surface area contributed by atoms with Crippen molar-refractivity contribution in [2.45, 2.75) is 51.7 Å². The van der Waals surface area contributed by atoms with Gasteiger partial charge in [-0.3, -0.25) is 4.79 Å². The summed E-state index contributed by atoms with van der Waals surface area (Å²) in [6, 6.07) is 0. The van der Waals surface area contributed by atoms with Crippen molar-refractivity contribution in [3.8, 4) is 0 Å². The summed E-state index contributed by atoms with van der Waals surface area (Å²) in [4.78, 5) is 13.7. The van der Waals surface area contributed by atoms with Crippen molar-refractivity contribution in [2.75, 3.05) is 26.7 Å². The molecular weight excluding hydrogens is 218 g/mol. The molecule has 0 aliphatic carbocycles. The molecule has 0 aromatic rings. The third-order valence-electron chi connectivity index (χ3n) is 2.66. The van der Waals surface area contributed by atoms with Crippen LogP contribution in [0.15, 0.2) is 0 Å². The number of ether oxygens (including phenoxy) is 2. The van der Waals surface area contributed by atoms with Crippen LogP contribution in [0, 0.1) is 0 Å². The van der Waals surface area contributed by atoms with E-state index in [-0.39, 0.29) is 11.6 Å². The normalized spacial score (nSPS) is 20.9. The molecule has 1 heterocycles. The zero-order chi connectivity index (χ0) is 12.9. The van der Waals surface area contributed by atoms with Crippen LogP contribution in [-0.2, 0) is 14.3 Å². The molecule has 1 saturated heterocycles. The van der Waals surface area contributed by atoms with E-state index in [1.54, 1.807) is 0 Å². The van der Waals surface area contributed by atoms with Crippen LogP contribution in [-0.4, -0.2) is 49.3 Å².